The lowest BCUT2D eigenvalue weighted by molar-refractivity contribution is -0.114. The summed E-state index contributed by atoms with van der Waals surface area (Å²) < 4.78 is 5.26. The molecule has 0 bridgehead atoms. The predicted octanol–water partition coefficient (Wildman–Crippen LogP) is 3.78. The summed E-state index contributed by atoms with van der Waals surface area (Å²) in [6, 6.07) is 19.5. The summed E-state index contributed by atoms with van der Waals surface area (Å²) in [5.74, 6) is -0.182. The molecule has 0 spiro atoms. The summed E-state index contributed by atoms with van der Waals surface area (Å²) in [7, 11) is 1.52. The number of nitrogens with one attached hydrogen (secondary N) is 1. The number of nitrogens with zero attached hydrogens (tertiary/aromatic N) is 2. The normalized spacial score (nSPS) is 10.2. The molecule has 24 heavy (non-hydrogen) atoms. The third-order valence-corrected chi connectivity index (χ3v) is 3.47. The second-order valence-electron chi connectivity index (χ2n) is 5.20. The van der Waals surface area contributed by atoms with E-state index in [0.717, 1.165) is 11.1 Å². The van der Waals surface area contributed by atoms with Gasteiger partial charge >= 0.3 is 6.01 Å². The Morgan fingerprint density at radius 1 is 0.875 bits per heavy atom. The highest BCUT2D eigenvalue weighted by molar-refractivity contribution is 5.98. The van der Waals surface area contributed by atoms with E-state index in [1.807, 2.05) is 60.7 Å². The van der Waals surface area contributed by atoms with Gasteiger partial charge in [-0.3, -0.25) is 4.79 Å². The van der Waals surface area contributed by atoms with Gasteiger partial charge in [0.15, 0.2) is 0 Å². The lowest BCUT2D eigenvalue weighted by Crippen LogP contribution is -2.11. The van der Waals surface area contributed by atoms with E-state index in [9.17, 15) is 4.79 Å². The van der Waals surface area contributed by atoms with Gasteiger partial charge in [-0.05, 0) is 0 Å². The van der Waals surface area contributed by atoms with E-state index in [-0.39, 0.29) is 11.9 Å². The minimum Gasteiger partial charge on any atom is -0.467 e. The Morgan fingerprint density at radius 3 is 1.71 bits per heavy atom. The number of ether oxygens (including phenoxy) is 1. The van der Waals surface area contributed by atoms with Crippen molar-refractivity contribution in [2.75, 3.05) is 12.4 Å². The van der Waals surface area contributed by atoms with Gasteiger partial charge in [0, 0.05) is 18.1 Å². The molecule has 0 radical (unpaired) electrons. The van der Waals surface area contributed by atoms with E-state index >= 15 is 0 Å². The molecule has 1 heterocycles. The molecule has 120 valence electrons. The average molecular weight is 319 g/mol. The highest BCUT2D eigenvalue weighted by Gasteiger charge is 2.18. The fraction of sp³-hybridized carbons (Fsp3) is 0.105. The van der Waals surface area contributed by atoms with E-state index in [1.165, 1.54) is 14.0 Å². The Bertz CT molecular complexity index is 788. The number of benzene rings is 2. The fourth-order valence-electron chi connectivity index (χ4n) is 2.44. The van der Waals surface area contributed by atoms with Gasteiger partial charge in [0.1, 0.15) is 11.4 Å². The zero-order chi connectivity index (χ0) is 16.9. The lowest BCUT2D eigenvalue weighted by atomic mass is 10.0. The molecular weight excluding hydrogens is 302 g/mol. The molecule has 1 aromatic heterocycles. The first-order valence-corrected chi connectivity index (χ1v) is 7.53. The van der Waals surface area contributed by atoms with Crippen molar-refractivity contribution in [3.63, 3.8) is 0 Å². The van der Waals surface area contributed by atoms with Crippen LogP contribution in [0.15, 0.2) is 60.7 Å². The van der Waals surface area contributed by atoms with Gasteiger partial charge in [0.25, 0.3) is 0 Å². The van der Waals surface area contributed by atoms with Crippen LogP contribution in [-0.4, -0.2) is 23.0 Å². The van der Waals surface area contributed by atoms with E-state index in [0.29, 0.717) is 17.1 Å². The number of hydrogen-bond acceptors (Lipinski definition) is 4. The highest BCUT2D eigenvalue weighted by atomic mass is 16.5. The highest BCUT2D eigenvalue weighted by Crippen LogP contribution is 2.35. The zero-order valence-electron chi connectivity index (χ0n) is 13.5. The number of carbonyl (C=O) groups is 1. The number of hydrogen-bond donors (Lipinski definition) is 1. The summed E-state index contributed by atoms with van der Waals surface area (Å²) in [4.78, 5) is 20.6. The topological polar surface area (TPSA) is 64.1 Å². The van der Waals surface area contributed by atoms with Crippen LogP contribution in [0.4, 0.5) is 5.69 Å². The molecule has 0 saturated heterocycles. The second-order valence-corrected chi connectivity index (χ2v) is 5.20. The van der Waals surface area contributed by atoms with Gasteiger partial charge in [-0.25, -0.2) is 0 Å². The average Bonchev–Trinajstić information content (AvgIpc) is 2.63. The van der Waals surface area contributed by atoms with E-state index in [1.54, 1.807) is 0 Å². The van der Waals surface area contributed by atoms with Crippen molar-refractivity contribution < 1.29 is 9.53 Å². The molecule has 5 heteroatoms. The van der Waals surface area contributed by atoms with Crippen molar-refractivity contribution in [2.45, 2.75) is 6.92 Å². The molecule has 0 aliphatic heterocycles. The molecule has 2 aromatic carbocycles. The van der Waals surface area contributed by atoms with Gasteiger partial charge in [-0.15, -0.1) is 0 Å². The molecule has 1 amide bonds. The maximum atomic E-state index is 11.7. The van der Waals surface area contributed by atoms with Crippen molar-refractivity contribution in [3.05, 3.63) is 60.7 Å². The summed E-state index contributed by atoms with van der Waals surface area (Å²) >= 11 is 0. The predicted molar refractivity (Wildman–Crippen MR) is 93.8 cm³/mol. The van der Waals surface area contributed by atoms with Crippen LogP contribution < -0.4 is 10.1 Å². The van der Waals surface area contributed by atoms with Crippen molar-refractivity contribution in [1.29, 1.82) is 0 Å². The first kappa shape index (κ1) is 15.7. The van der Waals surface area contributed by atoms with Gasteiger partial charge in [0.2, 0.25) is 5.91 Å². The van der Waals surface area contributed by atoms with Crippen LogP contribution in [0.5, 0.6) is 6.01 Å². The molecule has 0 unspecified atom stereocenters. The second kappa shape index (κ2) is 6.91. The number of amides is 1. The molecule has 5 nitrogen and oxygen atoms in total. The van der Waals surface area contributed by atoms with Crippen LogP contribution in [0.25, 0.3) is 22.5 Å². The minimum atomic E-state index is -0.182. The van der Waals surface area contributed by atoms with Crippen LogP contribution >= 0.6 is 0 Å². The van der Waals surface area contributed by atoms with Gasteiger partial charge in [-0.1, -0.05) is 60.7 Å². The van der Waals surface area contributed by atoms with Crippen LogP contribution in [0.1, 0.15) is 6.92 Å². The monoisotopic (exact) mass is 319 g/mol. The fourth-order valence-corrected chi connectivity index (χ4v) is 2.44. The summed E-state index contributed by atoms with van der Waals surface area (Å²) in [5.41, 5.74) is 3.56. The Labute approximate surface area is 140 Å². The number of anilines is 1. The van der Waals surface area contributed by atoms with E-state index in [2.05, 4.69) is 15.3 Å². The molecule has 0 atom stereocenters. The molecule has 0 saturated carbocycles. The Kier molecular flexibility index (Phi) is 4.52. The number of carbonyl (C=O) groups excluding carboxylic acids is 1. The first-order chi connectivity index (χ1) is 11.7. The third kappa shape index (κ3) is 3.25. The van der Waals surface area contributed by atoms with Crippen molar-refractivity contribution in [3.8, 4) is 28.5 Å². The molecule has 0 aliphatic rings. The molecule has 3 aromatic rings. The maximum absolute atomic E-state index is 11.7. The van der Waals surface area contributed by atoms with Crippen molar-refractivity contribution in [1.82, 2.24) is 9.97 Å². The SMILES string of the molecule is COc1nc(-c2ccccc2)c(NC(C)=O)c(-c2ccccc2)n1. The Balaban J connectivity index is 2.29. The van der Waals surface area contributed by atoms with Crippen molar-refractivity contribution in [2.24, 2.45) is 0 Å². The van der Waals surface area contributed by atoms with Crippen LogP contribution in [0.3, 0.4) is 0 Å². The molecule has 0 aliphatic carbocycles. The summed E-state index contributed by atoms with van der Waals surface area (Å²) in [6.07, 6.45) is 0. The third-order valence-electron chi connectivity index (χ3n) is 3.47. The standard InChI is InChI=1S/C19H17N3O2/c1-13(23)20-18-16(14-9-5-3-6-10-14)21-19(24-2)22-17(18)15-11-7-4-8-12-15/h3-12H,1-2H3,(H,20,23). The van der Waals surface area contributed by atoms with Gasteiger partial charge < -0.3 is 10.1 Å². The largest absolute Gasteiger partial charge is 0.467 e. The number of methoxy groups -OCH3 is 1. The minimum absolute atomic E-state index is 0.182. The van der Waals surface area contributed by atoms with Gasteiger partial charge in [0.05, 0.1) is 12.8 Å². The van der Waals surface area contributed by atoms with E-state index in [4.69, 9.17) is 4.74 Å². The Hall–Kier alpha value is -3.21. The smallest absolute Gasteiger partial charge is 0.317 e. The number of aromatic nitrogens is 2. The van der Waals surface area contributed by atoms with Crippen LogP contribution in [0, 0.1) is 0 Å². The van der Waals surface area contributed by atoms with Crippen LogP contribution in [0.2, 0.25) is 0 Å². The summed E-state index contributed by atoms with van der Waals surface area (Å²) in [5, 5.41) is 2.87. The molecule has 1 N–H and O–H groups in total. The number of rotatable bonds is 4. The van der Waals surface area contributed by atoms with Crippen molar-refractivity contribution >= 4 is 11.6 Å². The summed E-state index contributed by atoms with van der Waals surface area (Å²) in [6.45, 7) is 1.47. The zero-order valence-corrected chi connectivity index (χ0v) is 13.5. The molecule has 3 rings (SSSR count). The first-order valence-electron chi connectivity index (χ1n) is 7.53. The van der Waals surface area contributed by atoms with Crippen LogP contribution in [-0.2, 0) is 4.79 Å². The lowest BCUT2D eigenvalue weighted by Gasteiger charge is -2.15. The molecule has 0 fully saturated rings. The van der Waals surface area contributed by atoms with E-state index < -0.39 is 0 Å². The quantitative estimate of drug-likeness (QED) is 0.795. The molecular formula is C19H17N3O2. The maximum Gasteiger partial charge on any atom is 0.317 e. The Morgan fingerprint density at radius 2 is 1.33 bits per heavy atom. The van der Waals surface area contributed by atoms with Gasteiger partial charge in [-0.2, -0.15) is 9.97 Å².